The van der Waals surface area contributed by atoms with Crippen LogP contribution in [0.3, 0.4) is 0 Å². The van der Waals surface area contributed by atoms with Crippen LogP contribution in [0.25, 0.3) is 0 Å². The number of nitrogens with one attached hydrogen (secondary N) is 1. The molecule has 0 heterocycles. The largest absolute Gasteiger partial charge is 0.379 e. The van der Waals surface area contributed by atoms with Gasteiger partial charge in [0.05, 0.1) is 0 Å². The molecule has 0 aromatic rings. The van der Waals surface area contributed by atoms with E-state index in [2.05, 4.69) is 10.2 Å². The second kappa shape index (κ2) is 12.3. The fourth-order valence-electron chi connectivity index (χ4n) is 5.28. The van der Waals surface area contributed by atoms with Gasteiger partial charge in [-0.2, -0.15) is 0 Å². The Kier molecular flexibility index (Phi) is 10.5. The van der Waals surface area contributed by atoms with Gasteiger partial charge in [-0.3, -0.25) is 10.2 Å². The number of hydrogen-bond acceptors (Lipinski definition) is 4. The van der Waals surface area contributed by atoms with Crippen LogP contribution >= 0.6 is 0 Å². The molecule has 154 valence electrons. The van der Waals surface area contributed by atoms with Gasteiger partial charge in [0.2, 0.25) is 0 Å². The van der Waals surface area contributed by atoms with Crippen molar-refractivity contribution in [3.05, 3.63) is 0 Å². The first kappa shape index (κ1) is 22.1. The van der Waals surface area contributed by atoms with E-state index in [0.717, 1.165) is 0 Å². The number of aliphatic hydroxyl groups is 2. The van der Waals surface area contributed by atoms with Crippen LogP contribution in [0, 0.1) is 0 Å². The average Bonchev–Trinajstić information content (AvgIpc) is 2.64. The molecule has 3 aliphatic rings. The lowest BCUT2D eigenvalue weighted by atomic mass is 9.88. The molecule has 0 aliphatic heterocycles. The highest BCUT2D eigenvalue weighted by atomic mass is 16.3. The second-order valence-electron chi connectivity index (χ2n) is 8.84. The van der Waals surface area contributed by atoms with E-state index in [0.29, 0.717) is 18.1 Å². The molecule has 2 atom stereocenters. The quantitative estimate of drug-likeness (QED) is 0.624. The summed E-state index contributed by atoms with van der Waals surface area (Å²) in [5.41, 5.74) is 0. The topological polar surface area (TPSA) is 55.7 Å². The van der Waals surface area contributed by atoms with Crippen molar-refractivity contribution in [3.8, 4) is 0 Å². The van der Waals surface area contributed by atoms with Crippen LogP contribution < -0.4 is 5.32 Å². The van der Waals surface area contributed by atoms with Crippen molar-refractivity contribution < 1.29 is 10.2 Å². The molecule has 3 saturated carbocycles. The van der Waals surface area contributed by atoms with Crippen LogP contribution in [0.4, 0.5) is 0 Å². The van der Waals surface area contributed by atoms with Crippen molar-refractivity contribution in [3.63, 3.8) is 0 Å². The number of nitrogens with zero attached hydrogens (tertiary/aromatic N) is 1. The average molecular weight is 369 g/mol. The first-order chi connectivity index (χ1) is 12.6. The zero-order valence-electron chi connectivity index (χ0n) is 17.3. The van der Waals surface area contributed by atoms with Gasteiger partial charge < -0.3 is 10.2 Å². The lowest BCUT2D eigenvalue weighted by Gasteiger charge is -2.43. The van der Waals surface area contributed by atoms with Crippen molar-refractivity contribution in [1.82, 2.24) is 10.2 Å². The number of aliphatic hydroxyl groups excluding tert-OH is 2. The van der Waals surface area contributed by atoms with Gasteiger partial charge in [-0.05, 0) is 52.4 Å². The van der Waals surface area contributed by atoms with Gasteiger partial charge in [0.25, 0.3) is 0 Å². The Morgan fingerprint density at radius 2 is 1.04 bits per heavy atom. The number of hydrogen-bond donors (Lipinski definition) is 3. The molecule has 3 N–H and O–H groups in total. The van der Waals surface area contributed by atoms with Gasteiger partial charge >= 0.3 is 0 Å². The lowest BCUT2D eigenvalue weighted by molar-refractivity contribution is -0.0600. The molecule has 26 heavy (non-hydrogen) atoms. The molecule has 0 amide bonds. The third-order valence-corrected chi connectivity index (χ3v) is 6.51. The van der Waals surface area contributed by atoms with E-state index in [1.54, 1.807) is 6.92 Å². The van der Waals surface area contributed by atoms with E-state index in [-0.39, 0.29) is 12.5 Å². The van der Waals surface area contributed by atoms with E-state index < -0.39 is 0 Å². The first-order valence-electron chi connectivity index (χ1n) is 11.5. The molecule has 0 spiro atoms. The summed E-state index contributed by atoms with van der Waals surface area (Å²) in [4.78, 5) is 2.44. The molecule has 0 saturated heterocycles. The molecule has 0 aromatic carbocycles. The van der Waals surface area contributed by atoms with Gasteiger partial charge in [-0.1, -0.05) is 57.8 Å². The van der Waals surface area contributed by atoms with Crippen LogP contribution in [0.2, 0.25) is 0 Å². The SMILES string of the molecule is CC(O)N(C1CCCCC1)C1CCCCC1.CC(O)NC1CCCCC1. The molecule has 4 heteroatoms. The van der Waals surface area contributed by atoms with E-state index in [9.17, 15) is 5.11 Å². The third-order valence-electron chi connectivity index (χ3n) is 6.51. The summed E-state index contributed by atoms with van der Waals surface area (Å²) in [6.45, 7) is 3.75. The van der Waals surface area contributed by atoms with Crippen molar-refractivity contribution in [2.75, 3.05) is 0 Å². The summed E-state index contributed by atoms with van der Waals surface area (Å²) in [6.07, 6.45) is 19.4. The molecule has 3 fully saturated rings. The highest BCUT2D eigenvalue weighted by molar-refractivity contribution is 4.84. The molecular weight excluding hydrogens is 324 g/mol. The summed E-state index contributed by atoms with van der Waals surface area (Å²) < 4.78 is 0. The van der Waals surface area contributed by atoms with E-state index in [1.807, 2.05) is 6.92 Å². The van der Waals surface area contributed by atoms with Crippen molar-refractivity contribution in [2.45, 2.75) is 141 Å². The second-order valence-corrected chi connectivity index (χ2v) is 8.84. The zero-order valence-corrected chi connectivity index (χ0v) is 17.3. The van der Waals surface area contributed by atoms with E-state index in [4.69, 9.17) is 5.11 Å². The minimum Gasteiger partial charge on any atom is -0.379 e. The van der Waals surface area contributed by atoms with E-state index >= 15 is 0 Å². The maximum Gasteiger partial charge on any atom is 0.105 e. The van der Waals surface area contributed by atoms with Gasteiger partial charge in [0.15, 0.2) is 0 Å². The predicted octanol–water partition coefficient (Wildman–Crippen LogP) is 4.54. The van der Waals surface area contributed by atoms with Gasteiger partial charge in [0.1, 0.15) is 12.5 Å². The van der Waals surface area contributed by atoms with Crippen molar-refractivity contribution >= 4 is 0 Å². The summed E-state index contributed by atoms with van der Waals surface area (Å²) in [5.74, 6) is 0. The van der Waals surface area contributed by atoms with Crippen LogP contribution in [0.1, 0.15) is 110 Å². The van der Waals surface area contributed by atoms with Crippen LogP contribution in [-0.4, -0.2) is 45.7 Å². The first-order valence-corrected chi connectivity index (χ1v) is 11.5. The maximum atomic E-state index is 10.0. The van der Waals surface area contributed by atoms with Gasteiger partial charge in [-0.15, -0.1) is 0 Å². The molecule has 0 radical (unpaired) electrons. The Balaban J connectivity index is 0.000000209. The summed E-state index contributed by atoms with van der Waals surface area (Å²) >= 11 is 0. The fourth-order valence-corrected chi connectivity index (χ4v) is 5.28. The maximum absolute atomic E-state index is 10.0. The minimum atomic E-state index is -0.330. The van der Waals surface area contributed by atoms with Gasteiger partial charge in [0, 0.05) is 18.1 Å². The summed E-state index contributed by atoms with van der Waals surface area (Å²) in [7, 11) is 0. The standard InChI is InChI=1S/C14H27NO.C8H17NO/c1-12(16)15(13-8-4-2-5-9-13)14-10-6-3-7-11-14;1-7(10)9-8-5-3-2-4-6-8/h12-14,16H,2-11H2,1H3;7-10H,2-6H2,1H3. The van der Waals surface area contributed by atoms with Gasteiger partial charge in [-0.25, -0.2) is 0 Å². The monoisotopic (exact) mass is 368 g/mol. The molecule has 3 rings (SSSR count). The molecule has 0 aromatic heterocycles. The molecule has 4 nitrogen and oxygen atoms in total. The number of rotatable bonds is 5. The molecule has 3 aliphatic carbocycles. The van der Waals surface area contributed by atoms with Crippen LogP contribution in [-0.2, 0) is 0 Å². The summed E-state index contributed by atoms with van der Waals surface area (Å²) in [5, 5.41) is 22.2. The minimum absolute atomic E-state index is 0.244. The van der Waals surface area contributed by atoms with Crippen LogP contribution in [0.15, 0.2) is 0 Å². The lowest BCUT2D eigenvalue weighted by Crippen LogP contribution is -2.49. The molecule has 2 unspecified atom stereocenters. The normalized spacial score (nSPS) is 26.2. The van der Waals surface area contributed by atoms with Crippen LogP contribution in [0.5, 0.6) is 0 Å². The van der Waals surface area contributed by atoms with Crippen molar-refractivity contribution in [2.24, 2.45) is 0 Å². The Morgan fingerprint density at radius 3 is 1.38 bits per heavy atom. The zero-order chi connectivity index (χ0) is 18.8. The molecular formula is C22H44N2O2. The van der Waals surface area contributed by atoms with Crippen molar-refractivity contribution in [1.29, 1.82) is 0 Å². The highest BCUT2D eigenvalue weighted by Gasteiger charge is 2.31. The Bertz CT molecular complexity index is 326. The Labute approximate surface area is 161 Å². The van der Waals surface area contributed by atoms with E-state index in [1.165, 1.54) is 96.3 Å². The Morgan fingerprint density at radius 1 is 0.654 bits per heavy atom. The predicted molar refractivity (Wildman–Crippen MR) is 109 cm³/mol. The Hall–Kier alpha value is -0.160. The highest BCUT2D eigenvalue weighted by Crippen LogP contribution is 2.31. The molecule has 0 bridgehead atoms. The smallest absolute Gasteiger partial charge is 0.105 e. The third kappa shape index (κ3) is 7.84. The fraction of sp³-hybridized carbons (Fsp3) is 1.00. The summed E-state index contributed by atoms with van der Waals surface area (Å²) in [6, 6.07) is 1.91.